The third-order valence-electron chi connectivity index (χ3n) is 1.66. The largest absolute Gasteiger partial charge is 0.263 e. The highest BCUT2D eigenvalue weighted by molar-refractivity contribution is 5.87. The van der Waals surface area contributed by atoms with Gasteiger partial charge in [-0.3, -0.25) is 4.99 Å². The molecule has 0 bridgehead atoms. The van der Waals surface area contributed by atoms with Gasteiger partial charge in [0.2, 0.25) is 0 Å². The van der Waals surface area contributed by atoms with E-state index in [1.165, 1.54) is 6.20 Å². The lowest BCUT2D eigenvalue weighted by Crippen LogP contribution is -2.09. The monoisotopic (exact) mass is 141 g/mol. The van der Waals surface area contributed by atoms with E-state index in [1.807, 2.05) is 0 Å². The third-order valence-corrected chi connectivity index (χ3v) is 1.66. The maximum atomic E-state index is 12.4. The van der Waals surface area contributed by atoms with Crippen molar-refractivity contribution in [2.24, 2.45) is 10.9 Å². The number of nitrogens with zero attached hydrogens (tertiary/aromatic N) is 1. The summed E-state index contributed by atoms with van der Waals surface area (Å²) in [6.07, 6.45) is 2.66. The summed E-state index contributed by atoms with van der Waals surface area (Å²) in [5, 5.41) is 0. The van der Waals surface area contributed by atoms with E-state index in [9.17, 15) is 4.39 Å². The Balaban J connectivity index is 2.64. The normalized spacial score (nSPS) is 18.8. The molecule has 2 heteroatoms. The maximum absolute atomic E-state index is 12.4. The fourth-order valence-electron chi connectivity index (χ4n) is 0.967. The van der Waals surface area contributed by atoms with Crippen molar-refractivity contribution in [3.8, 4) is 0 Å². The molecule has 1 aliphatic rings. The average molecular weight is 141 g/mol. The number of hydrogen-bond donors (Lipinski definition) is 0. The van der Waals surface area contributed by atoms with Gasteiger partial charge in [0.15, 0.2) is 0 Å². The molecule has 0 spiro atoms. The predicted octanol–water partition coefficient (Wildman–Crippen LogP) is 2.69. The van der Waals surface area contributed by atoms with Crippen LogP contribution in [-0.2, 0) is 0 Å². The first-order valence-corrected chi connectivity index (χ1v) is 3.61. The standard InChI is InChI=1S/C8H12FN/c1-6(2)8-4-3-7(9)5-10-8/h5-6H,3-4H2,1-2H3. The maximum Gasteiger partial charge on any atom is 0.118 e. The molecule has 1 aliphatic heterocycles. The van der Waals surface area contributed by atoms with Crippen molar-refractivity contribution >= 4 is 5.71 Å². The summed E-state index contributed by atoms with van der Waals surface area (Å²) in [5.41, 5.74) is 1.11. The van der Waals surface area contributed by atoms with Crippen LogP contribution in [0.1, 0.15) is 26.7 Å². The zero-order valence-corrected chi connectivity index (χ0v) is 6.39. The molecule has 56 valence electrons. The lowest BCUT2D eigenvalue weighted by Gasteiger charge is -2.11. The Hall–Kier alpha value is -0.660. The van der Waals surface area contributed by atoms with E-state index in [1.54, 1.807) is 0 Å². The molecule has 0 aromatic rings. The molecule has 0 radical (unpaired) electrons. The first kappa shape index (κ1) is 7.45. The van der Waals surface area contributed by atoms with E-state index in [2.05, 4.69) is 18.8 Å². The van der Waals surface area contributed by atoms with Crippen molar-refractivity contribution < 1.29 is 4.39 Å². The van der Waals surface area contributed by atoms with Crippen LogP contribution in [0.5, 0.6) is 0 Å². The van der Waals surface area contributed by atoms with Crippen LogP contribution in [0.3, 0.4) is 0 Å². The summed E-state index contributed by atoms with van der Waals surface area (Å²) < 4.78 is 12.4. The minimum absolute atomic E-state index is 0.0931. The molecule has 0 saturated heterocycles. The minimum atomic E-state index is -0.0931. The molecule has 1 heterocycles. The second-order valence-electron chi connectivity index (χ2n) is 2.85. The molecule has 1 nitrogen and oxygen atoms in total. The molecule has 0 unspecified atom stereocenters. The highest BCUT2D eigenvalue weighted by Crippen LogP contribution is 2.16. The van der Waals surface area contributed by atoms with Gasteiger partial charge in [-0.2, -0.15) is 0 Å². The molecule has 0 amide bonds. The number of aliphatic imine (C=N–C) groups is 1. The summed E-state index contributed by atoms with van der Waals surface area (Å²) in [6.45, 7) is 4.16. The van der Waals surface area contributed by atoms with Crippen molar-refractivity contribution in [2.75, 3.05) is 0 Å². The topological polar surface area (TPSA) is 12.4 Å². The van der Waals surface area contributed by atoms with Gasteiger partial charge in [-0.25, -0.2) is 4.39 Å². The van der Waals surface area contributed by atoms with Crippen LogP contribution in [0, 0.1) is 5.92 Å². The zero-order chi connectivity index (χ0) is 7.56. The van der Waals surface area contributed by atoms with Crippen molar-refractivity contribution in [2.45, 2.75) is 26.7 Å². The van der Waals surface area contributed by atoms with Crippen LogP contribution in [0.2, 0.25) is 0 Å². The molecular weight excluding hydrogens is 129 g/mol. The van der Waals surface area contributed by atoms with Gasteiger partial charge in [-0.15, -0.1) is 0 Å². The van der Waals surface area contributed by atoms with E-state index in [4.69, 9.17) is 0 Å². The number of hydrogen-bond acceptors (Lipinski definition) is 1. The van der Waals surface area contributed by atoms with Crippen LogP contribution >= 0.6 is 0 Å². The zero-order valence-electron chi connectivity index (χ0n) is 6.39. The summed E-state index contributed by atoms with van der Waals surface area (Å²) in [7, 11) is 0. The second-order valence-corrected chi connectivity index (χ2v) is 2.85. The van der Waals surface area contributed by atoms with Crippen LogP contribution in [0.15, 0.2) is 17.0 Å². The molecule has 0 aliphatic carbocycles. The van der Waals surface area contributed by atoms with Gasteiger partial charge in [0.05, 0.1) is 6.20 Å². The molecule has 10 heavy (non-hydrogen) atoms. The lowest BCUT2D eigenvalue weighted by molar-refractivity contribution is 0.582. The van der Waals surface area contributed by atoms with Gasteiger partial charge in [0, 0.05) is 12.1 Å². The SMILES string of the molecule is CC(C)C1=NC=C(F)CC1. The molecule has 0 fully saturated rings. The van der Waals surface area contributed by atoms with Crippen LogP contribution < -0.4 is 0 Å². The van der Waals surface area contributed by atoms with Gasteiger partial charge in [-0.05, 0) is 12.3 Å². The molecular formula is C8H12FN. The molecule has 0 atom stereocenters. The predicted molar refractivity (Wildman–Crippen MR) is 40.7 cm³/mol. The fraction of sp³-hybridized carbons (Fsp3) is 0.625. The van der Waals surface area contributed by atoms with Gasteiger partial charge in [0.1, 0.15) is 5.83 Å². The lowest BCUT2D eigenvalue weighted by atomic mass is 10.0. The summed E-state index contributed by atoms with van der Waals surface area (Å²) >= 11 is 0. The molecule has 0 N–H and O–H groups in total. The van der Waals surface area contributed by atoms with E-state index < -0.39 is 0 Å². The quantitative estimate of drug-likeness (QED) is 0.532. The number of allylic oxidation sites excluding steroid dienone is 1. The number of halogens is 1. The second kappa shape index (κ2) is 2.95. The highest BCUT2D eigenvalue weighted by Gasteiger charge is 2.09. The van der Waals surface area contributed by atoms with Crippen LogP contribution in [0.4, 0.5) is 4.39 Å². The van der Waals surface area contributed by atoms with E-state index >= 15 is 0 Å². The third kappa shape index (κ3) is 1.66. The minimum Gasteiger partial charge on any atom is -0.263 e. The Labute approximate surface area is 60.7 Å². The van der Waals surface area contributed by atoms with E-state index in [0.29, 0.717) is 12.3 Å². The Bertz CT molecular complexity index is 180. The van der Waals surface area contributed by atoms with Crippen molar-refractivity contribution in [1.29, 1.82) is 0 Å². The Morgan fingerprint density at radius 1 is 1.50 bits per heavy atom. The van der Waals surface area contributed by atoms with Crippen LogP contribution in [0.25, 0.3) is 0 Å². The molecule has 0 saturated carbocycles. The van der Waals surface area contributed by atoms with Gasteiger partial charge in [-0.1, -0.05) is 13.8 Å². The summed E-state index contributed by atoms with van der Waals surface area (Å²) in [4.78, 5) is 3.99. The van der Waals surface area contributed by atoms with Crippen molar-refractivity contribution in [1.82, 2.24) is 0 Å². The average Bonchev–Trinajstić information content (AvgIpc) is 1.88. The first-order valence-electron chi connectivity index (χ1n) is 3.61. The molecule has 0 aromatic heterocycles. The molecule has 1 rings (SSSR count). The van der Waals surface area contributed by atoms with Crippen LogP contribution in [-0.4, -0.2) is 5.71 Å². The van der Waals surface area contributed by atoms with Gasteiger partial charge < -0.3 is 0 Å². The van der Waals surface area contributed by atoms with Gasteiger partial charge in [0.25, 0.3) is 0 Å². The molecule has 0 aromatic carbocycles. The van der Waals surface area contributed by atoms with E-state index in [-0.39, 0.29) is 5.83 Å². The summed E-state index contributed by atoms with van der Waals surface area (Å²) in [5.74, 6) is 0.369. The number of rotatable bonds is 1. The first-order chi connectivity index (χ1) is 4.70. The summed E-state index contributed by atoms with van der Waals surface area (Å²) in [6, 6.07) is 0. The fourth-order valence-corrected chi connectivity index (χ4v) is 0.967. The van der Waals surface area contributed by atoms with Gasteiger partial charge >= 0.3 is 0 Å². The highest BCUT2D eigenvalue weighted by atomic mass is 19.1. The van der Waals surface area contributed by atoms with Crippen molar-refractivity contribution in [3.05, 3.63) is 12.0 Å². The Morgan fingerprint density at radius 2 is 2.20 bits per heavy atom. The Kier molecular flexibility index (Phi) is 2.20. The Morgan fingerprint density at radius 3 is 2.60 bits per heavy atom. The van der Waals surface area contributed by atoms with E-state index in [0.717, 1.165) is 12.1 Å². The van der Waals surface area contributed by atoms with Crippen molar-refractivity contribution in [3.63, 3.8) is 0 Å². The smallest absolute Gasteiger partial charge is 0.118 e.